The molecule has 0 saturated heterocycles. The van der Waals surface area contributed by atoms with Crippen molar-refractivity contribution in [3.8, 4) is 0 Å². The van der Waals surface area contributed by atoms with Gasteiger partial charge >= 0.3 is 24.3 Å². The van der Waals surface area contributed by atoms with Gasteiger partial charge in [0.05, 0.1) is 41.7 Å². The smallest absolute Gasteiger partial charge is 0.422 e. The number of amides is 3. The number of carbonyl (C=O) groups excluding carboxylic acids is 3. The van der Waals surface area contributed by atoms with Gasteiger partial charge < -0.3 is 9.47 Å². The molecule has 198 valence electrons. The first-order chi connectivity index (χ1) is 17.3. The Morgan fingerprint density at radius 2 is 1.73 bits per heavy atom. The molecule has 2 aromatic rings. The lowest BCUT2D eigenvalue weighted by molar-refractivity contribution is -0.150. The first kappa shape index (κ1) is 28.5. The van der Waals surface area contributed by atoms with Crippen molar-refractivity contribution in [1.29, 1.82) is 0 Å². The van der Waals surface area contributed by atoms with Crippen LogP contribution in [0.15, 0.2) is 52.0 Å². The van der Waals surface area contributed by atoms with Gasteiger partial charge in [0.1, 0.15) is 5.41 Å². The topological polar surface area (TPSA) is 88.5 Å². The van der Waals surface area contributed by atoms with Crippen LogP contribution in [-0.4, -0.2) is 48.6 Å². The summed E-state index contributed by atoms with van der Waals surface area (Å²) < 4.78 is 50.6. The number of ether oxygens (including phenoxy) is 2. The third-order valence-electron chi connectivity index (χ3n) is 5.43. The Bertz CT molecular complexity index is 1240. The van der Waals surface area contributed by atoms with E-state index in [1.807, 2.05) is 0 Å². The zero-order valence-corrected chi connectivity index (χ0v) is 22.3. The van der Waals surface area contributed by atoms with Gasteiger partial charge in [0.15, 0.2) is 0 Å². The summed E-state index contributed by atoms with van der Waals surface area (Å²) in [6.07, 6.45) is -5.67. The maximum Gasteiger partial charge on any atom is 0.422 e. The van der Waals surface area contributed by atoms with Gasteiger partial charge in [-0.3, -0.25) is 4.79 Å². The molecule has 2 aromatic carbocycles. The second-order valence-electron chi connectivity index (χ2n) is 8.04. The molecule has 1 atom stereocenters. The Balaban J connectivity index is 2.09. The van der Waals surface area contributed by atoms with E-state index in [9.17, 15) is 27.6 Å². The monoisotopic (exact) mass is 603 g/mol. The fourth-order valence-electron chi connectivity index (χ4n) is 3.66. The molecular weight excluding hydrogens is 583 g/mol. The van der Waals surface area contributed by atoms with Crippen molar-refractivity contribution in [3.05, 3.63) is 63.1 Å². The van der Waals surface area contributed by atoms with Gasteiger partial charge in [-0.15, -0.1) is 0 Å². The lowest BCUT2D eigenvalue weighted by atomic mass is 9.82. The van der Waals surface area contributed by atoms with Crippen LogP contribution < -0.4 is 4.90 Å². The number of alkyl halides is 3. The molecule has 37 heavy (non-hydrogen) atoms. The van der Waals surface area contributed by atoms with E-state index >= 15 is 0 Å². The third kappa shape index (κ3) is 5.90. The molecule has 0 aliphatic carbocycles. The van der Waals surface area contributed by atoms with E-state index < -0.39 is 40.3 Å². The molecule has 0 saturated carbocycles. The van der Waals surface area contributed by atoms with E-state index in [1.165, 1.54) is 19.1 Å². The Morgan fingerprint density at radius 3 is 2.27 bits per heavy atom. The fraction of sp³-hybridized carbons (Fsp3) is 0.333. The lowest BCUT2D eigenvalue weighted by Gasteiger charge is -2.26. The van der Waals surface area contributed by atoms with Crippen LogP contribution in [-0.2, 0) is 20.4 Å². The summed E-state index contributed by atoms with van der Waals surface area (Å²) in [6, 6.07) is 8.18. The predicted octanol–water partition coefficient (Wildman–Crippen LogP) is 6.49. The number of nitrogens with zero attached hydrogens (tertiary/aromatic N) is 3. The summed E-state index contributed by atoms with van der Waals surface area (Å²) in [5.41, 5.74) is -2.43. The quantitative estimate of drug-likeness (QED) is 0.364. The van der Waals surface area contributed by atoms with E-state index in [4.69, 9.17) is 21.1 Å². The highest BCUT2D eigenvalue weighted by Crippen LogP contribution is 2.38. The van der Waals surface area contributed by atoms with E-state index in [0.29, 0.717) is 4.47 Å². The molecule has 0 fully saturated rings. The van der Waals surface area contributed by atoms with Crippen LogP contribution >= 0.6 is 27.5 Å². The minimum atomic E-state index is -4.69. The second-order valence-corrected chi connectivity index (χ2v) is 9.37. The molecular formula is C24H22BrClF3N3O5. The summed E-state index contributed by atoms with van der Waals surface area (Å²) in [6.45, 7) is 4.24. The average molecular weight is 605 g/mol. The van der Waals surface area contributed by atoms with Crippen molar-refractivity contribution in [2.24, 2.45) is 10.5 Å². The Kier molecular flexibility index (Phi) is 8.53. The molecule has 1 heterocycles. The molecule has 3 amide bonds. The van der Waals surface area contributed by atoms with Gasteiger partial charge in [-0.25, -0.2) is 14.6 Å². The van der Waals surface area contributed by atoms with Crippen LogP contribution in [0.2, 0.25) is 5.02 Å². The van der Waals surface area contributed by atoms with Crippen molar-refractivity contribution in [2.45, 2.75) is 26.9 Å². The number of esters is 1. The minimum absolute atomic E-state index is 0.0112. The standard InChI is InChI=1S/C24H22BrClF3N3O5/c1-4-36-20(33)23(3)13-31(30-19(23)14-6-11-17(18(26)12-14)24(27,28)29)21(34)32(22(35)37-5-2)16-9-7-15(25)8-10-16/h6-12H,4-5,13H2,1-3H3. The van der Waals surface area contributed by atoms with Crippen molar-refractivity contribution in [2.75, 3.05) is 24.7 Å². The molecule has 8 nitrogen and oxygen atoms in total. The van der Waals surface area contributed by atoms with Crippen LogP contribution in [0.1, 0.15) is 31.9 Å². The molecule has 3 rings (SSSR count). The van der Waals surface area contributed by atoms with Crippen LogP contribution in [0, 0.1) is 5.41 Å². The summed E-state index contributed by atoms with van der Waals surface area (Å²) in [5, 5.41) is 4.52. The van der Waals surface area contributed by atoms with Gasteiger partial charge in [-0.05, 0) is 57.2 Å². The number of rotatable bonds is 5. The zero-order chi connectivity index (χ0) is 27.5. The first-order valence-electron chi connectivity index (χ1n) is 11.0. The first-order valence-corrected chi connectivity index (χ1v) is 12.2. The molecule has 0 bridgehead atoms. The highest BCUT2D eigenvalue weighted by Gasteiger charge is 2.50. The molecule has 1 aliphatic rings. The van der Waals surface area contributed by atoms with E-state index in [2.05, 4.69) is 21.0 Å². The van der Waals surface area contributed by atoms with Crippen molar-refractivity contribution in [1.82, 2.24) is 5.01 Å². The van der Waals surface area contributed by atoms with Crippen LogP contribution in [0.3, 0.4) is 0 Å². The van der Waals surface area contributed by atoms with Crippen LogP contribution in [0.4, 0.5) is 28.4 Å². The van der Waals surface area contributed by atoms with Crippen molar-refractivity contribution >= 4 is 57.0 Å². The number of halogens is 5. The molecule has 0 radical (unpaired) electrons. The minimum Gasteiger partial charge on any atom is -0.465 e. The second kappa shape index (κ2) is 11.1. The largest absolute Gasteiger partial charge is 0.465 e. The van der Waals surface area contributed by atoms with Crippen molar-refractivity contribution < 1.29 is 37.0 Å². The number of imide groups is 1. The molecule has 1 aliphatic heterocycles. The highest BCUT2D eigenvalue weighted by atomic mass is 79.9. The molecule has 1 unspecified atom stereocenters. The summed E-state index contributed by atoms with van der Waals surface area (Å²) >= 11 is 9.18. The molecule has 0 N–H and O–H groups in total. The number of hydrazone groups is 1. The number of carbonyl (C=O) groups is 3. The number of hydrogen-bond donors (Lipinski definition) is 0. The van der Waals surface area contributed by atoms with Gasteiger partial charge in [0.25, 0.3) is 0 Å². The summed E-state index contributed by atoms with van der Waals surface area (Å²) in [7, 11) is 0. The van der Waals surface area contributed by atoms with E-state index in [-0.39, 0.29) is 36.7 Å². The maximum absolute atomic E-state index is 13.6. The number of urea groups is 1. The Morgan fingerprint density at radius 1 is 1.11 bits per heavy atom. The number of hydrogen-bond acceptors (Lipinski definition) is 6. The Hall–Kier alpha value is -3.12. The van der Waals surface area contributed by atoms with Gasteiger partial charge in [-0.2, -0.15) is 23.2 Å². The van der Waals surface area contributed by atoms with E-state index in [0.717, 1.165) is 28.1 Å². The third-order valence-corrected chi connectivity index (χ3v) is 6.27. The summed E-state index contributed by atoms with van der Waals surface area (Å²) in [5.74, 6) is -0.758. The van der Waals surface area contributed by atoms with Crippen LogP contribution in [0.25, 0.3) is 0 Å². The van der Waals surface area contributed by atoms with E-state index in [1.54, 1.807) is 26.0 Å². The average Bonchev–Trinajstić information content (AvgIpc) is 3.19. The van der Waals surface area contributed by atoms with Gasteiger partial charge in [0, 0.05) is 10.0 Å². The Labute approximate surface area is 224 Å². The molecule has 13 heteroatoms. The number of anilines is 1. The highest BCUT2D eigenvalue weighted by molar-refractivity contribution is 9.10. The lowest BCUT2D eigenvalue weighted by Crippen LogP contribution is -2.47. The molecule has 0 aromatic heterocycles. The van der Waals surface area contributed by atoms with Crippen LogP contribution in [0.5, 0.6) is 0 Å². The zero-order valence-electron chi connectivity index (χ0n) is 19.9. The fourth-order valence-corrected chi connectivity index (χ4v) is 4.21. The van der Waals surface area contributed by atoms with Gasteiger partial charge in [-0.1, -0.05) is 33.6 Å². The SMILES string of the molecule is CCOC(=O)N(C(=O)N1CC(C)(C(=O)OCC)C(c2ccc(C(F)(F)F)c(Cl)c2)=N1)c1ccc(Br)cc1. The summed E-state index contributed by atoms with van der Waals surface area (Å²) in [4.78, 5) is 40.0. The molecule has 0 spiro atoms. The number of benzene rings is 2. The van der Waals surface area contributed by atoms with Gasteiger partial charge in [0.2, 0.25) is 0 Å². The predicted molar refractivity (Wildman–Crippen MR) is 133 cm³/mol. The maximum atomic E-state index is 13.6. The normalized spacial score (nSPS) is 17.3. The van der Waals surface area contributed by atoms with Crippen molar-refractivity contribution in [3.63, 3.8) is 0 Å².